The van der Waals surface area contributed by atoms with Gasteiger partial charge in [0, 0.05) is 0 Å². The summed E-state index contributed by atoms with van der Waals surface area (Å²) in [5.41, 5.74) is 12.6. The number of rotatable bonds is 9. The number of hydrogen-bond acceptors (Lipinski definition) is 7. The number of nitrogens with zero attached hydrogens (tertiary/aromatic N) is 6. The maximum absolute atomic E-state index is 12.5. The number of primary amides is 1. The third kappa shape index (κ3) is 6.35. The summed E-state index contributed by atoms with van der Waals surface area (Å²) >= 11 is -2.17. The zero-order valence-electron chi connectivity index (χ0n) is 27.6. The molecule has 5 heterocycles. The van der Waals surface area contributed by atoms with Crippen molar-refractivity contribution in [1.29, 1.82) is 0 Å². The molecule has 0 bridgehead atoms. The van der Waals surface area contributed by atoms with Crippen molar-refractivity contribution in [3.63, 3.8) is 0 Å². The molecule has 1 saturated carbocycles. The van der Waals surface area contributed by atoms with Crippen LogP contribution in [-0.2, 0) is 4.79 Å². The standard InChI is InChI=1S/C38H46IN7O/c1-24-18-35(27(4)26(3)29-13-15-41-36(20-29)45-17-7-9-28-8-5-6-10-34(28)45)46(23-24)25(2)21-39-33-12-11-30(31-14-16-42-43-22-31)19-32(33)37(44-39)38(40)47/h11-16,19-20,22,24,26,28,34-35H,2,4-10,17-18,21,23H2,1,3H3,(H2,40,47)/t24?,26-,28?,34?,35?/m1/s1. The summed E-state index contributed by atoms with van der Waals surface area (Å²) in [6.45, 7) is 16.0. The molecule has 246 valence electrons. The van der Waals surface area contributed by atoms with Crippen LogP contribution in [0.5, 0.6) is 0 Å². The van der Waals surface area contributed by atoms with Crippen LogP contribution < -0.4 is 10.6 Å². The molecule has 7 rings (SSSR count). The molecule has 4 aliphatic rings. The Balaban J connectivity index is 1.08. The van der Waals surface area contributed by atoms with Crippen LogP contribution in [0.4, 0.5) is 5.82 Å². The Morgan fingerprint density at radius 3 is 2.68 bits per heavy atom. The first-order valence-electron chi connectivity index (χ1n) is 17.1. The number of carbonyl (C=O) groups is 1. The Kier molecular flexibility index (Phi) is 9.18. The summed E-state index contributed by atoms with van der Waals surface area (Å²) in [5, 5.41) is 7.91. The van der Waals surface area contributed by atoms with Gasteiger partial charge in [0.1, 0.15) is 0 Å². The van der Waals surface area contributed by atoms with Gasteiger partial charge in [-0.15, -0.1) is 0 Å². The van der Waals surface area contributed by atoms with Gasteiger partial charge in [0.15, 0.2) is 0 Å². The minimum absolute atomic E-state index is 0.195. The van der Waals surface area contributed by atoms with Gasteiger partial charge in [-0.1, -0.05) is 12.8 Å². The number of carbonyl (C=O) groups excluding carboxylic acids is 1. The number of piperidine rings is 1. The number of hydrogen-bond donors (Lipinski definition) is 1. The average molecular weight is 744 g/mol. The number of alkyl halides is 1. The van der Waals surface area contributed by atoms with Crippen molar-refractivity contribution in [2.75, 3.05) is 22.4 Å². The van der Waals surface area contributed by atoms with Gasteiger partial charge in [0.05, 0.1) is 0 Å². The van der Waals surface area contributed by atoms with Gasteiger partial charge in [-0.25, -0.2) is 0 Å². The molecule has 1 amide bonds. The molecule has 2 N–H and O–H groups in total. The van der Waals surface area contributed by atoms with Crippen molar-refractivity contribution in [1.82, 2.24) is 20.1 Å². The van der Waals surface area contributed by atoms with Crippen molar-refractivity contribution >= 4 is 37.5 Å². The van der Waals surface area contributed by atoms with Crippen LogP contribution in [0.2, 0.25) is 0 Å². The third-order valence-corrected chi connectivity index (χ3v) is 15.7. The molecule has 47 heavy (non-hydrogen) atoms. The van der Waals surface area contributed by atoms with Gasteiger partial charge >= 0.3 is 262 Å². The number of benzene rings is 1. The normalized spacial score (nSPS) is 25.1. The third-order valence-electron chi connectivity index (χ3n) is 10.8. The molecule has 0 radical (unpaired) electrons. The van der Waals surface area contributed by atoms with Crippen LogP contribution in [-0.4, -0.2) is 61.3 Å². The number of fused-ring (bicyclic) bond motifs is 2. The first-order chi connectivity index (χ1) is 22.8. The fourth-order valence-electron chi connectivity index (χ4n) is 8.25. The van der Waals surface area contributed by atoms with Crippen molar-refractivity contribution in [3.05, 3.63) is 94.1 Å². The minimum atomic E-state index is -2.17. The van der Waals surface area contributed by atoms with Gasteiger partial charge in [-0.2, -0.15) is 0 Å². The quantitative estimate of drug-likeness (QED) is 0.142. The zero-order chi connectivity index (χ0) is 32.7. The Morgan fingerprint density at radius 1 is 1.04 bits per heavy atom. The van der Waals surface area contributed by atoms with Crippen molar-refractivity contribution in [3.8, 4) is 11.1 Å². The first kappa shape index (κ1) is 32.0. The van der Waals surface area contributed by atoms with E-state index in [0.717, 1.165) is 61.6 Å². The molecule has 4 unspecified atom stereocenters. The van der Waals surface area contributed by atoms with Gasteiger partial charge < -0.3 is 0 Å². The van der Waals surface area contributed by atoms with E-state index in [4.69, 9.17) is 20.5 Å². The fourth-order valence-corrected chi connectivity index (χ4v) is 13.1. The molecule has 9 heteroatoms. The van der Waals surface area contributed by atoms with Crippen molar-refractivity contribution < 1.29 is 4.79 Å². The molecule has 8 nitrogen and oxygen atoms in total. The van der Waals surface area contributed by atoms with E-state index in [1.165, 1.54) is 49.7 Å². The van der Waals surface area contributed by atoms with Crippen LogP contribution in [0.25, 0.3) is 11.1 Å². The topological polar surface area (TPSA) is 101 Å². The fraction of sp³-hybridized carbons (Fsp3) is 0.447. The second-order valence-electron chi connectivity index (χ2n) is 13.9. The Labute approximate surface area is 286 Å². The number of amides is 1. The Bertz CT molecular complexity index is 1710. The van der Waals surface area contributed by atoms with E-state index in [1.807, 2.05) is 18.3 Å². The van der Waals surface area contributed by atoms with Crippen LogP contribution in [0.15, 0.2) is 82.6 Å². The number of aromatic nitrogens is 3. The van der Waals surface area contributed by atoms with E-state index in [0.29, 0.717) is 17.7 Å². The predicted molar refractivity (Wildman–Crippen MR) is 198 cm³/mol. The number of pyridine rings is 1. The molecule has 5 atom stereocenters. The second-order valence-corrected chi connectivity index (χ2v) is 18.2. The Morgan fingerprint density at radius 2 is 1.87 bits per heavy atom. The molecule has 1 aliphatic carbocycles. The average Bonchev–Trinajstić information content (AvgIpc) is 3.68. The van der Waals surface area contributed by atoms with E-state index in [2.05, 4.69) is 64.7 Å². The molecule has 2 saturated heterocycles. The van der Waals surface area contributed by atoms with Crippen molar-refractivity contribution in [2.24, 2.45) is 20.8 Å². The molecule has 3 fully saturated rings. The van der Waals surface area contributed by atoms with Crippen molar-refractivity contribution in [2.45, 2.75) is 76.8 Å². The summed E-state index contributed by atoms with van der Waals surface area (Å²) in [6, 6.07) is 13.5. The monoisotopic (exact) mass is 743 g/mol. The predicted octanol–water partition coefficient (Wildman–Crippen LogP) is 7.16. The summed E-state index contributed by atoms with van der Waals surface area (Å²) in [5.74, 6) is 2.21. The summed E-state index contributed by atoms with van der Waals surface area (Å²) in [6.07, 6.45) is 14.4. The summed E-state index contributed by atoms with van der Waals surface area (Å²) in [7, 11) is 0. The zero-order valence-corrected chi connectivity index (χ0v) is 29.8. The van der Waals surface area contributed by atoms with Gasteiger partial charge in [0.2, 0.25) is 0 Å². The van der Waals surface area contributed by atoms with Crippen LogP contribution in [0, 0.1) is 15.4 Å². The molecule has 2 aromatic heterocycles. The molecule has 3 aliphatic heterocycles. The van der Waals surface area contributed by atoms with E-state index >= 15 is 0 Å². The number of nitrogens with two attached hydrogens (primary N) is 1. The first-order valence-corrected chi connectivity index (χ1v) is 20.7. The number of allylic oxidation sites excluding steroid dienone is 1. The Hall–Kier alpha value is -3.60. The summed E-state index contributed by atoms with van der Waals surface area (Å²) in [4.78, 5) is 22.5. The number of anilines is 1. The van der Waals surface area contributed by atoms with Gasteiger partial charge in [0.25, 0.3) is 0 Å². The molecular weight excluding hydrogens is 697 g/mol. The molecule has 1 aromatic carbocycles. The van der Waals surface area contributed by atoms with E-state index in [9.17, 15) is 4.79 Å². The van der Waals surface area contributed by atoms with Crippen LogP contribution in [0.3, 0.4) is 0 Å². The SMILES string of the molecule is C=C(C1CC(C)CN1C(=C)CI1N=C(C(N)=O)c2cc(-c3ccnnc3)ccc21)[C@@H](C)c1ccnc(N2CCCC3CCCCC32)c1. The van der Waals surface area contributed by atoms with Crippen LogP contribution >= 0.6 is 20.1 Å². The maximum atomic E-state index is 12.5. The number of likely N-dealkylation sites (tertiary alicyclic amines) is 1. The number of halogens is 1. The molecule has 0 spiro atoms. The van der Waals surface area contributed by atoms with Gasteiger partial charge in [-0.3, -0.25) is 0 Å². The summed E-state index contributed by atoms with van der Waals surface area (Å²) < 4.78 is 6.94. The van der Waals surface area contributed by atoms with E-state index < -0.39 is 26.0 Å². The second kappa shape index (κ2) is 13.5. The van der Waals surface area contributed by atoms with Crippen LogP contribution in [0.1, 0.15) is 75.8 Å². The van der Waals surface area contributed by atoms with Gasteiger partial charge in [-0.05, 0) is 12.8 Å². The molecular formula is C38H46IN7O. The van der Waals surface area contributed by atoms with E-state index in [-0.39, 0.29) is 12.0 Å². The molecule has 3 aromatic rings. The van der Waals surface area contributed by atoms with E-state index in [1.54, 1.807) is 12.4 Å².